The second kappa shape index (κ2) is 8.09. The lowest BCUT2D eigenvalue weighted by Gasteiger charge is -2.30. The molecule has 1 unspecified atom stereocenters. The van der Waals surface area contributed by atoms with Gasteiger partial charge in [0.2, 0.25) is 0 Å². The number of alkyl halides is 3. The van der Waals surface area contributed by atoms with Crippen LogP contribution in [0, 0.1) is 11.3 Å². The van der Waals surface area contributed by atoms with Crippen molar-refractivity contribution in [2.75, 3.05) is 13.2 Å². The van der Waals surface area contributed by atoms with Crippen LogP contribution in [0.5, 0.6) is 0 Å². The van der Waals surface area contributed by atoms with E-state index < -0.39 is 24.8 Å². The summed E-state index contributed by atoms with van der Waals surface area (Å²) in [5.41, 5.74) is -0.160. The largest absolute Gasteiger partial charge is 0.481 e. The lowest BCUT2D eigenvalue weighted by Crippen LogP contribution is -2.32. The number of carboxylic acids is 1. The first-order valence-corrected chi connectivity index (χ1v) is 6.61. The van der Waals surface area contributed by atoms with Gasteiger partial charge < -0.3 is 15.2 Å². The van der Waals surface area contributed by atoms with Crippen LogP contribution in [-0.2, 0) is 9.53 Å². The minimum absolute atomic E-state index is 0.0143. The van der Waals surface area contributed by atoms with Gasteiger partial charge in [-0.1, -0.05) is 20.8 Å². The van der Waals surface area contributed by atoms with E-state index in [0.29, 0.717) is 12.8 Å². The third-order valence-corrected chi connectivity index (χ3v) is 3.06. The van der Waals surface area contributed by atoms with Gasteiger partial charge in [0.05, 0.1) is 0 Å². The molecule has 2 N–H and O–H groups in total. The third kappa shape index (κ3) is 10.9. The number of amides is 1. The third-order valence-electron chi connectivity index (χ3n) is 3.06. The Kier molecular flexibility index (Phi) is 7.52. The lowest BCUT2D eigenvalue weighted by atomic mass is 9.76. The maximum Gasteiger partial charge on any atom is 0.422 e. The molecule has 5 nitrogen and oxygen atoms in total. The van der Waals surface area contributed by atoms with E-state index in [-0.39, 0.29) is 24.3 Å². The standard InChI is InChI=1S/C13H22F3NO4/c1-12(2,3)9(4-5-10(18)19)6-7-17-11(20)21-8-13(14,15)16/h9H,4-8H2,1-3H3,(H,17,20)(H,18,19). The molecule has 0 fully saturated rings. The van der Waals surface area contributed by atoms with Gasteiger partial charge in [0.1, 0.15) is 0 Å². The first-order chi connectivity index (χ1) is 9.42. The van der Waals surface area contributed by atoms with Crippen LogP contribution in [0.3, 0.4) is 0 Å². The van der Waals surface area contributed by atoms with E-state index in [2.05, 4.69) is 10.1 Å². The van der Waals surface area contributed by atoms with Crippen molar-refractivity contribution in [1.29, 1.82) is 0 Å². The molecule has 0 aromatic heterocycles. The second-order valence-corrected chi connectivity index (χ2v) is 5.90. The minimum Gasteiger partial charge on any atom is -0.481 e. The summed E-state index contributed by atoms with van der Waals surface area (Å²) in [6, 6.07) is 0. The molecule has 21 heavy (non-hydrogen) atoms. The average molecular weight is 313 g/mol. The molecule has 1 amide bonds. The number of carboxylic acid groups (broad SMARTS) is 1. The highest BCUT2D eigenvalue weighted by Crippen LogP contribution is 2.32. The van der Waals surface area contributed by atoms with E-state index in [1.54, 1.807) is 0 Å². The molecule has 0 radical (unpaired) electrons. The number of alkyl carbamates (subject to hydrolysis) is 1. The van der Waals surface area contributed by atoms with E-state index in [9.17, 15) is 22.8 Å². The molecular formula is C13H22F3NO4. The fraction of sp³-hybridized carbons (Fsp3) is 0.846. The van der Waals surface area contributed by atoms with Crippen LogP contribution < -0.4 is 5.32 Å². The normalized spacial score (nSPS) is 13.6. The second-order valence-electron chi connectivity index (χ2n) is 5.90. The zero-order valence-corrected chi connectivity index (χ0v) is 12.4. The van der Waals surface area contributed by atoms with Gasteiger partial charge >= 0.3 is 18.2 Å². The molecule has 0 aliphatic carbocycles. The molecule has 0 rings (SSSR count). The molecule has 0 aromatic carbocycles. The summed E-state index contributed by atoms with van der Waals surface area (Å²) in [4.78, 5) is 21.7. The zero-order valence-electron chi connectivity index (χ0n) is 12.4. The van der Waals surface area contributed by atoms with E-state index in [1.165, 1.54) is 0 Å². The van der Waals surface area contributed by atoms with Crippen LogP contribution in [0.1, 0.15) is 40.0 Å². The zero-order chi connectivity index (χ0) is 16.7. The molecule has 0 aliphatic heterocycles. The van der Waals surface area contributed by atoms with Crippen molar-refractivity contribution in [1.82, 2.24) is 5.32 Å². The molecule has 124 valence electrons. The van der Waals surface area contributed by atoms with Crippen LogP contribution in [-0.4, -0.2) is 36.5 Å². The van der Waals surface area contributed by atoms with Crippen LogP contribution in [0.4, 0.5) is 18.0 Å². The molecular weight excluding hydrogens is 291 g/mol. The highest BCUT2D eigenvalue weighted by atomic mass is 19.4. The van der Waals surface area contributed by atoms with Crippen molar-refractivity contribution >= 4 is 12.1 Å². The summed E-state index contributed by atoms with van der Waals surface area (Å²) in [6.45, 7) is 4.35. The van der Waals surface area contributed by atoms with Crippen molar-refractivity contribution < 1.29 is 32.6 Å². The predicted molar refractivity (Wildman–Crippen MR) is 69.8 cm³/mol. The van der Waals surface area contributed by atoms with E-state index >= 15 is 0 Å². The van der Waals surface area contributed by atoms with Gasteiger partial charge in [-0.3, -0.25) is 4.79 Å². The Morgan fingerprint density at radius 3 is 2.19 bits per heavy atom. The number of rotatable bonds is 7. The fourth-order valence-electron chi connectivity index (χ4n) is 1.85. The van der Waals surface area contributed by atoms with Gasteiger partial charge in [-0.05, 0) is 24.2 Å². The van der Waals surface area contributed by atoms with Gasteiger partial charge in [-0.2, -0.15) is 13.2 Å². The number of nitrogens with one attached hydrogen (secondary N) is 1. The number of carbonyl (C=O) groups is 2. The Morgan fingerprint density at radius 1 is 1.19 bits per heavy atom. The van der Waals surface area contributed by atoms with Gasteiger partial charge in [-0.15, -0.1) is 0 Å². The molecule has 0 bridgehead atoms. The number of halogens is 3. The van der Waals surface area contributed by atoms with Crippen molar-refractivity contribution in [2.45, 2.75) is 46.2 Å². The Morgan fingerprint density at radius 2 is 1.76 bits per heavy atom. The summed E-state index contributed by atoms with van der Waals surface area (Å²) in [6.07, 6.45) is -4.75. The quantitative estimate of drug-likeness (QED) is 0.757. The van der Waals surface area contributed by atoms with Crippen molar-refractivity contribution in [3.05, 3.63) is 0 Å². The Hall–Kier alpha value is -1.47. The number of carbonyl (C=O) groups excluding carboxylic acids is 1. The molecule has 0 aromatic rings. The van der Waals surface area contributed by atoms with Gasteiger partial charge in [0.25, 0.3) is 0 Å². The average Bonchev–Trinajstić information content (AvgIpc) is 2.28. The smallest absolute Gasteiger partial charge is 0.422 e. The Labute approximate surface area is 121 Å². The van der Waals surface area contributed by atoms with Gasteiger partial charge in [0.15, 0.2) is 6.61 Å². The SMILES string of the molecule is CC(C)(C)C(CCNC(=O)OCC(F)(F)F)CCC(=O)O. The summed E-state index contributed by atoms with van der Waals surface area (Å²) >= 11 is 0. The summed E-state index contributed by atoms with van der Waals surface area (Å²) in [5.74, 6) is -0.877. The molecule has 0 saturated heterocycles. The lowest BCUT2D eigenvalue weighted by molar-refractivity contribution is -0.160. The van der Waals surface area contributed by atoms with Crippen molar-refractivity contribution in [3.63, 3.8) is 0 Å². The highest BCUT2D eigenvalue weighted by molar-refractivity contribution is 5.67. The minimum atomic E-state index is -4.55. The summed E-state index contributed by atoms with van der Waals surface area (Å²) in [5, 5.41) is 10.9. The molecule has 0 aliphatic rings. The number of ether oxygens (including phenoxy) is 1. The number of hydrogen-bond acceptors (Lipinski definition) is 3. The molecule has 0 saturated carbocycles. The van der Waals surface area contributed by atoms with Crippen LogP contribution in [0.15, 0.2) is 0 Å². The first kappa shape index (κ1) is 19.5. The van der Waals surface area contributed by atoms with Crippen LogP contribution >= 0.6 is 0 Å². The molecule has 1 atom stereocenters. The summed E-state index contributed by atoms with van der Waals surface area (Å²) in [7, 11) is 0. The molecule has 0 heterocycles. The van der Waals surface area contributed by atoms with E-state index in [1.807, 2.05) is 20.8 Å². The first-order valence-electron chi connectivity index (χ1n) is 6.61. The predicted octanol–water partition coefficient (Wildman–Crippen LogP) is 3.19. The topological polar surface area (TPSA) is 75.6 Å². The van der Waals surface area contributed by atoms with Gasteiger partial charge in [0, 0.05) is 13.0 Å². The Balaban J connectivity index is 4.13. The number of hydrogen-bond donors (Lipinski definition) is 2. The van der Waals surface area contributed by atoms with Gasteiger partial charge in [-0.25, -0.2) is 4.79 Å². The van der Waals surface area contributed by atoms with Crippen LogP contribution in [0.2, 0.25) is 0 Å². The number of aliphatic carboxylic acids is 1. The van der Waals surface area contributed by atoms with Crippen LogP contribution in [0.25, 0.3) is 0 Å². The maximum absolute atomic E-state index is 11.8. The van der Waals surface area contributed by atoms with Crippen molar-refractivity contribution in [3.8, 4) is 0 Å². The van der Waals surface area contributed by atoms with Crippen molar-refractivity contribution in [2.24, 2.45) is 11.3 Å². The van der Waals surface area contributed by atoms with E-state index in [4.69, 9.17) is 5.11 Å². The highest BCUT2D eigenvalue weighted by Gasteiger charge is 2.30. The molecule has 8 heteroatoms. The fourth-order valence-corrected chi connectivity index (χ4v) is 1.85. The Bertz CT molecular complexity index is 350. The summed E-state index contributed by atoms with van der Waals surface area (Å²) < 4.78 is 39.5. The molecule has 0 spiro atoms. The van der Waals surface area contributed by atoms with E-state index in [0.717, 1.165) is 0 Å². The monoisotopic (exact) mass is 313 g/mol. The maximum atomic E-state index is 11.8.